The van der Waals surface area contributed by atoms with Crippen molar-refractivity contribution in [1.82, 2.24) is 4.90 Å². The van der Waals surface area contributed by atoms with Crippen LogP contribution in [0.2, 0.25) is 0 Å². The van der Waals surface area contributed by atoms with Gasteiger partial charge in [-0.15, -0.1) is 0 Å². The average molecular weight is 416 g/mol. The SMILES string of the molecule is O=C(c1ccc(CN2C(=O)COc3ccccc32)cc1)N(CCO)Cc1ccccc1. The fourth-order valence-electron chi connectivity index (χ4n) is 3.62. The number of para-hydroxylation sites is 2. The van der Waals surface area contributed by atoms with Crippen LogP contribution in [0.4, 0.5) is 5.69 Å². The fourth-order valence-corrected chi connectivity index (χ4v) is 3.62. The normalized spacial score (nSPS) is 12.8. The molecule has 0 spiro atoms. The number of carbonyl (C=O) groups excluding carboxylic acids is 2. The van der Waals surface area contributed by atoms with Crippen LogP contribution in [0.1, 0.15) is 21.5 Å². The molecule has 6 heteroatoms. The van der Waals surface area contributed by atoms with Crippen molar-refractivity contribution >= 4 is 17.5 Å². The summed E-state index contributed by atoms with van der Waals surface area (Å²) in [4.78, 5) is 28.7. The molecule has 31 heavy (non-hydrogen) atoms. The van der Waals surface area contributed by atoms with E-state index in [4.69, 9.17) is 4.74 Å². The number of amides is 2. The van der Waals surface area contributed by atoms with E-state index in [9.17, 15) is 14.7 Å². The lowest BCUT2D eigenvalue weighted by molar-refractivity contribution is -0.121. The summed E-state index contributed by atoms with van der Waals surface area (Å²) in [6.45, 7) is 1.01. The van der Waals surface area contributed by atoms with Crippen molar-refractivity contribution in [2.24, 2.45) is 0 Å². The Morgan fingerprint density at radius 1 is 0.935 bits per heavy atom. The number of hydrogen-bond donors (Lipinski definition) is 1. The minimum absolute atomic E-state index is 0.0171. The summed E-state index contributed by atoms with van der Waals surface area (Å²) in [6.07, 6.45) is 0. The van der Waals surface area contributed by atoms with Gasteiger partial charge in [-0.2, -0.15) is 0 Å². The van der Waals surface area contributed by atoms with Crippen molar-refractivity contribution in [3.63, 3.8) is 0 Å². The molecule has 1 N–H and O–H groups in total. The van der Waals surface area contributed by atoms with Gasteiger partial charge < -0.3 is 19.6 Å². The van der Waals surface area contributed by atoms with Crippen LogP contribution in [0.25, 0.3) is 0 Å². The van der Waals surface area contributed by atoms with E-state index < -0.39 is 0 Å². The highest BCUT2D eigenvalue weighted by Crippen LogP contribution is 2.32. The molecule has 158 valence electrons. The number of fused-ring (bicyclic) bond motifs is 1. The number of aliphatic hydroxyl groups is 1. The molecule has 6 nitrogen and oxygen atoms in total. The monoisotopic (exact) mass is 416 g/mol. The summed E-state index contributed by atoms with van der Waals surface area (Å²) >= 11 is 0. The summed E-state index contributed by atoms with van der Waals surface area (Å²) in [6, 6.07) is 24.4. The lowest BCUT2D eigenvalue weighted by atomic mass is 10.1. The Bertz CT molecular complexity index is 1050. The summed E-state index contributed by atoms with van der Waals surface area (Å²) in [5.41, 5.74) is 3.21. The fraction of sp³-hybridized carbons (Fsp3) is 0.200. The van der Waals surface area contributed by atoms with Gasteiger partial charge in [-0.25, -0.2) is 0 Å². The Morgan fingerprint density at radius 3 is 2.39 bits per heavy atom. The van der Waals surface area contributed by atoms with E-state index >= 15 is 0 Å². The van der Waals surface area contributed by atoms with Crippen molar-refractivity contribution < 1.29 is 19.4 Å². The predicted molar refractivity (Wildman–Crippen MR) is 118 cm³/mol. The summed E-state index contributed by atoms with van der Waals surface area (Å²) in [5.74, 6) is 0.447. The number of hydrogen-bond acceptors (Lipinski definition) is 4. The number of benzene rings is 3. The second-order valence-corrected chi connectivity index (χ2v) is 7.37. The molecule has 1 aliphatic heterocycles. The van der Waals surface area contributed by atoms with Crippen LogP contribution in [-0.2, 0) is 17.9 Å². The minimum Gasteiger partial charge on any atom is -0.482 e. The molecule has 3 aromatic carbocycles. The molecule has 0 bridgehead atoms. The van der Waals surface area contributed by atoms with Crippen LogP contribution in [0.15, 0.2) is 78.9 Å². The third-order valence-electron chi connectivity index (χ3n) is 5.22. The van der Waals surface area contributed by atoms with Gasteiger partial charge in [-0.3, -0.25) is 9.59 Å². The zero-order valence-electron chi connectivity index (χ0n) is 17.1. The molecule has 0 aromatic heterocycles. The highest BCUT2D eigenvalue weighted by atomic mass is 16.5. The largest absolute Gasteiger partial charge is 0.482 e. The standard InChI is InChI=1S/C25H24N2O4/c28-15-14-26(16-19-6-2-1-3-7-19)25(30)21-12-10-20(11-13-21)17-27-22-8-4-5-9-23(22)31-18-24(27)29/h1-13,28H,14-18H2. The molecular formula is C25H24N2O4. The third-order valence-corrected chi connectivity index (χ3v) is 5.22. The van der Waals surface area contributed by atoms with E-state index in [0.29, 0.717) is 24.4 Å². The van der Waals surface area contributed by atoms with Crippen molar-refractivity contribution in [2.75, 3.05) is 24.7 Å². The van der Waals surface area contributed by atoms with Gasteiger partial charge in [0.1, 0.15) is 5.75 Å². The maximum Gasteiger partial charge on any atom is 0.265 e. The summed E-state index contributed by atoms with van der Waals surface area (Å²) < 4.78 is 5.49. The van der Waals surface area contributed by atoms with Crippen LogP contribution in [0.5, 0.6) is 5.75 Å². The molecular weight excluding hydrogens is 392 g/mol. The van der Waals surface area contributed by atoms with E-state index in [1.807, 2.05) is 66.7 Å². The number of nitrogens with zero attached hydrogens (tertiary/aromatic N) is 2. The Morgan fingerprint density at radius 2 is 1.65 bits per heavy atom. The quantitative estimate of drug-likeness (QED) is 0.642. The molecule has 4 rings (SSSR count). The molecule has 2 amide bonds. The number of carbonyl (C=O) groups is 2. The molecule has 0 radical (unpaired) electrons. The first-order chi connectivity index (χ1) is 15.2. The second-order valence-electron chi connectivity index (χ2n) is 7.37. The van der Waals surface area contributed by atoms with Crippen LogP contribution in [0, 0.1) is 0 Å². The highest BCUT2D eigenvalue weighted by Gasteiger charge is 2.25. The molecule has 0 unspecified atom stereocenters. The van der Waals surface area contributed by atoms with Crippen LogP contribution >= 0.6 is 0 Å². The Balaban J connectivity index is 1.48. The van der Waals surface area contributed by atoms with E-state index in [0.717, 1.165) is 16.8 Å². The summed E-state index contributed by atoms with van der Waals surface area (Å²) in [5, 5.41) is 9.40. The third kappa shape index (κ3) is 4.75. The van der Waals surface area contributed by atoms with Gasteiger partial charge in [0.15, 0.2) is 6.61 Å². The Labute approximate surface area is 181 Å². The van der Waals surface area contributed by atoms with Gasteiger partial charge >= 0.3 is 0 Å². The minimum atomic E-state index is -0.141. The molecule has 0 saturated heterocycles. The Hall–Kier alpha value is -3.64. The molecule has 0 atom stereocenters. The van der Waals surface area contributed by atoms with E-state index in [1.165, 1.54) is 0 Å². The van der Waals surface area contributed by atoms with Crippen LogP contribution in [0.3, 0.4) is 0 Å². The van der Waals surface area contributed by atoms with Gasteiger partial charge in [0, 0.05) is 18.7 Å². The van der Waals surface area contributed by atoms with E-state index in [2.05, 4.69) is 0 Å². The molecule has 0 saturated carbocycles. The maximum absolute atomic E-state index is 13.0. The Kier molecular flexibility index (Phi) is 6.29. The van der Waals surface area contributed by atoms with Gasteiger partial charge in [0.25, 0.3) is 11.8 Å². The lowest BCUT2D eigenvalue weighted by Crippen LogP contribution is -2.38. The predicted octanol–water partition coefficient (Wildman–Crippen LogP) is 3.25. The number of aliphatic hydroxyl groups excluding tert-OH is 1. The molecule has 1 aliphatic rings. The van der Waals surface area contributed by atoms with Crippen LogP contribution in [-0.4, -0.2) is 41.6 Å². The number of rotatable bonds is 7. The molecule has 1 heterocycles. The average Bonchev–Trinajstić information content (AvgIpc) is 2.81. The van der Waals surface area contributed by atoms with Crippen molar-refractivity contribution in [1.29, 1.82) is 0 Å². The van der Waals surface area contributed by atoms with Crippen molar-refractivity contribution in [2.45, 2.75) is 13.1 Å². The first-order valence-corrected chi connectivity index (χ1v) is 10.2. The molecule has 0 fully saturated rings. The van der Waals surface area contributed by atoms with Gasteiger partial charge in [-0.05, 0) is 35.4 Å². The molecule has 3 aromatic rings. The summed E-state index contributed by atoms with van der Waals surface area (Å²) in [7, 11) is 0. The van der Waals surface area contributed by atoms with Crippen molar-refractivity contribution in [3.05, 3.63) is 95.6 Å². The van der Waals surface area contributed by atoms with Gasteiger partial charge in [0.2, 0.25) is 0 Å². The molecule has 0 aliphatic carbocycles. The number of ether oxygens (including phenoxy) is 1. The van der Waals surface area contributed by atoms with Gasteiger partial charge in [0.05, 0.1) is 18.8 Å². The zero-order valence-corrected chi connectivity index (χ0v) is 17.1. The van der Waals surface area contributed by atoms with E-state index in [1.54, 1.807) is 21.9 Å². The highest BCUT2D eigenvalue weighted by molar-refractivity contribution is 5.98. The second kappa shape index (κ2) is 9.45. The number of anilines is 1. The zero-order chi connectivity index (χ0) is 21.6. The maximum atomic E-state index is 13.0. The van der Waals surface area contributed by atoms with Crippen molar-refractivity contribution in [3.8, 4) is 5.75 Å². The lowest BCUT2D eigenvalue weighted by Gasteiger charge is -2.29. The first kappa shape index (κ1) is 20.6. The smallest absolute Gasteiger partial charge is 0.265 e. The van der Waals surface area contributed by atoms with Crippen LogP contribution < -0.4 is 9.64 Å². The first-order valence-electron chi connectivity index (χ1n) is 10.2. The topological polar surface area (TPSA) is 70.1 Å². The van der Waals surface area contributed by atoms with Gasteiger partial charge in [-0.1, -0.05) is 54.6 Å². The van der Waals surface area contributed by atoms with E-state index in [-0.39, 0.29) is 31.6 Å².